The number of carbonyl (C=O) groups excluding carboxylic acids is 4. The minimum atomic E-state index is -4.95. The Balaban J connectivity index is 5.19. The molecule has 0 aromatic rings. The molecule has 93 heavy (non-hydrogen) atoms. The molecule has 0 heterocycles. The molecule has 17 nitrogen and oxygen atoms in total. The predicted molar refractivity (Wildman–Crippen MR) is 377 cm³/mol. The fraction of sp³-hybridized carbons (Fsp3) is 0.946. The van der Waals surface area contributed by atoms with Gasteiger partial charge in [0.15, 0.2) is 12.2 Å². The van der Waals surface area contributed by atoms with Gasteiger partial charge in [-0.15, -0.1) is 0 Å². The topological polar surface area (TPSA) is 237 Å². The van der Waals surface area contributed by atoms with Crippen molar-refractivity contribution in [1.29, 1.82) is 0 Å². The highest BCUT2D eigenvalue weighted by molar-refractivity contribution is 7.47. The Morgan fingerprint density at radius 2 is 0.495 bits per heavy atom. The van der Waals surface area contributed by atoms with Crippen LogP contribution in [0.2, 0.25) is 0 Å². The molecule has 0 saturated heterocycles. The van der Waals surface area contributed by atoms with Gasteiger partial charge in [-0.1, -0.05) is 336 Å². The van der Waals surface area contributed by atoms with Crippen LogP contribution in [0.4, 0.5) is 0 Å². The normalized spacial score (nSPS) is 14.0. The van der Waals surface area contributed by atoms with Gasteiger partial charge in [-0.25, -0.2) is 9.13 Å². The molecule has 19 heteroatoms. The maximum absolute atomic E-state index is 13.1. The largest absolute Gasteiger partial charge is 0.472 e. The average molecular weight is 1370 g/mol. The first-order valence-electron chi connectivity index (χ1n) is 38.6. The van der Waals surface area contributed by atoms with Gasteiger partial charge in [-0.3, -0.25) is 37.3 Å². The summed E-state index contributed by atoms with van der Waals surface area (Å²) in [7, 11) is -9.90. The second kappa shape index (κ2) is 67.3. The highest BCUT2D eigenvalue weighted by atomic mass is 31.2. The molecular weight excluding hydrogens is 1220 g/mol. The number of esters is 4. The Labute approximate surface area is 568 Å². The van der Waals surface area contributed by atoms with Gasteiger partial charge in [0.05, 0.1) is 26.4 Å². The van der Waals surface area contributed by atoms with Crippen molar-refractivity contribution in [3.05, 3.63) is 0 Å². The Morgan fingerprint density at radius 1 is 0.290 bits per heavy atom. The Bertz CT molecular complexity index is 1790. The van der Waals surface area contributed by atoms with Gasteiger partial charge in [0.1, 0.15) is 19.3 Å². The molecule has 0 spiro atoms. The molecule has 0 radical (unpaired) electrons. The van der Waals surface area contributed by atoms with Crippen molar-refractivity contribution < 1.29 is 80.2 Å². The van der Waals surface area contributed by atoms with Crippen LogP contribution >= 0.6 is 15.6 Å². The summed E-state index contributed by atoms with van der Waals surface area (Å²) in [5, 5.41) is 10.6. The molecule has 0 aromatic carbocycles. The SMILES string of the molecule is CCCCCCCCCCCCCCCCCCCC(=O)OC[C@H](COP(=O)(O)OC[C@@H](O)COP(=O)(O)OC[C@@H](COC(=O)CCCCCCCCCCC)OC(=O)CCCCCCCCCCC)OC(=O)CCCCCCCCCCCCCCCCCC(C)C. The Kier molecular flexibility index (Phi) is 65.9. The lowest BCUT2D eigenvalue weighted by molar-refractivity contribution is -0.161. The molecule has 0 aliphatic rings. The van der Waals surface area contributed by atoms with Gasteiger partial charge in [-0.2, -0.15) is 0 Å². The molecule has 0 saturated carbocycles. The standard InChI is InChI=1S/C74H144O17P2/c1-6-9-12-15-18-21-22-23-24-25-28-31-34-39-43-48-53-58-72(77)85-64-70(91-74(79)60-55-50-45-40-35-32-29-26-27-30-33-38-41-46-51-56-67(4)5)66-89-93(82,83)87-62-68(75)61-86-92(80,81)88-65-69(90-73(78)59-54-49-44-37-20-17-14-11-8-3)63-84-71(76)57-52-47-42-36-19-16-13-10-7-2/h67-70,75H,6-66H2,1-5H3,(H,80,81)(H,82,83)/t68-,69+,70+/m0/s1. The number of rotatable bonds is 74. The average Bonchev–Trinajstić information content (AvgIpc) is 2.21. The first-order chi connectivity index (χ1) is 45.0. The highest BCUT2D eigenvalue weighted by Gasteiger charge is 2.30. The van der Waals surface area contributed by atoms with Crippen molar-refractivity contribution in [3.8, 4) is 0 Å². The van der Waals surface area contributed by atoms with E-state index in [-0.39, 0.29) is 25.7 Å². The third-order valence-corrected chi connectivity index (χ3v) is 19.2. The zero-order valence-corrected chi connectivity index (χ0v) is 62.2. The van der Waals surface area contributed by atoms with E-state index in [0.29, 0.717) is 25.7 Å². The maximum Gasteiger partial charge on any atom is 0.472 e. The summed E-state index contributed by atoms with van der Waals surface area (Å²) < 4.78 is 68.3. The summed E-state index contributed by atoms with van der Waals surface area (Å²) in [4.78, 5) is 72.6. The number of carbonyl (C=O) groups is 4. The predicted octanol–water partition coefficient (Wildman–Crippen LogP) is 21.7. The molecule has 3 N–H and O–H groups in total. The summed E-state index contributed by atoms with van der Waals surface area (Å²) in [6.07, 6.45) is 55.5. The summed E-state index contributed by atoms with van der Waals surface area (Å²) in [6.45, 7) is 7.27. The summed E-state index contributed by atoms with van der Waals surface area (Å²) in [5.41, 5.74) is 0. The molecular formula is C74H144O17P2. The number of unbranched alkanes of at least 4 members (excludes halogenated alkanes) is 46. The van der Waals surface area contributed by atoms with Crippen molar-refractivity contribution in [1.82, 2.24) is 0 Å². The fourth-order valence-corrected chi connectivity index (χ4v) is 12.9. The minimum Gasteiger partial charge on any atom is -0.462 e. The highest BCUT2D eigenvalue weighted by Crippen LogP contribution is 2.45. The van der Waals surface area contributed by atoms with Crippen LogP contribution in [-0.2, 0) is 65.4 Å². The van der Waals surface area contributed by atoms with E-state index >= 15 is 0 Å². The van der Waals surface area contributed by atoms with Crippen molar-refractivity contribution in [2.45, 2.75) is 406 Å². The van der Waals surface area contributed by atoms with Gasteiger partial charge in [0.2, 0.25) is 0 Å². The second-order valence-corrected chi connectivity index (χ2v) is 30.1. The minimum absolute atomic E-state index is 0.106. The van der Waals surface area contributed by atoms with Crippen molar-refractivity contribution >= 4 is 39.5 Å². The number of hydrogen-bond acceptors (Lipinski definition) is 15. The summed E-state index contributed by atoms with van der Waals surface area (Å²) in [6, 6.07) is 0. The van der Waals surface area contributed by atoms with Gasteiger partial charge in [0, 0.05) is 25.7 Å². The van der Waals surface area contributed by atoms with E-state index < -0.39 is 97.5 Å². The molecule has 0 aliphatic carbocycles. The first-order valence-corrected chi connectivity index (χ1v) is 41.6. The number of phosphoric ester groups is 2. The van der Waals surface area contributed by atoms with Gasteiger partial charge in [0.25, 0.3) is 0 Å². The van der Waals surface area contributed by atoms with Crippen LogP contribution in [0.15, 0.2) is 0 Å². The van der Waals surface area contributed by atoms with E-state index in [0.717, 1.165) is 95.8 Å². The third kappa shape index (κ3) is 68.4. The molecule has 0 rings (SSSR count). The van der Waals surface area contributed by atoms with Crippen LogP contribution in [0.5, 0.6) is 0 Å². The van der Waals surface area contributed by atoms with Crippen LogP contribution in [0.1, 0.15) is 388 Å². The number of hydrogen-bond donors (Lipinski definition) is 3. The zero-order valence-electron chi connectivity index (χ0n) is 60.4. The van der Waals surface area contributed by atoms with Crippen molar-refractivity contribution in [3.63, 3.8) is 0 Å². The molecule has 0 bridgehead atoms. The van der Waals surface area contributed by atoms with Gasteiger partial charge < -0.3 is 33.8 Å². The number of aliphatic hydroxyl groups is 1. The van der Waals surface area contributed by atoms with Crippen LogP contribution < -0.4 is 0 Å². The number of aliphatic hydroxyl groups excluding tert-OH is 1. The lowest BCUT2D eigenvalue weighted by atomic mass is 10.0. The molecule has 0 fully saturated rings. The third-order valence-electron chi connectivity index (χ3n) is 17.3. The Hall–Kier alpha value is -1.94. The summed E-state index contributed by atoms with van der Waals surface area (Å²) >= 11 is 0. The van der Waals surface area contributed by atoms with E-state index in [4.69, 9.17) is 37.0 Å². The number of ether oxygens (including phenoxy) is 4. The van der Waals surface area contributed by atoms with Crippen LogP contribution in [0, 0.1) is 5.92 Å². The lowest BCUT2D eigenvalue weighted by Crippen LogP contribution is -2.30. The van der Waals surface area contributed by atoms with E-state index in [2.05, 4.69) is 34.6 Å². The van der Waals surface area contributed by atoms with Crippen LogP contribution in [-0.4, -0.2) is 96.7 Å². The molecule has 0 aliphatic heterocycles. The number of phosphoric acid groups is 2. The van der Waals surface area contributed by atoms with E-state index in [1.165, 1.54) is 212 Å². The molecule has 5 atom stereocenters. The van der Waals surface area contributed by atoms with Gasteiger partial charge >= 0.3 is 39.5 Å². The van der Waals surface area contributed by atoms with Crippen molar-refractivity contribution in [2.75, 3.05) is 39.6 Å². The Morgan fingerprint density at radius 3 is 0.731 bits per heavy atom. The lowest BCUT2D eigenvalue weighted by Gasteiger charge is -2.21. The molecule has 2 unspecified atom stereocenters. The van der Waals surface area contributed by atoms with E-state index in [1.807, 2.05) is 0 Å². The quantitative estimate of drug-likeness (QED) is 0.0222. The monoisotopic (exact) mass is 1370 g/mol. The maximum atomic E-state index is 13.1. The fourth-order valence-electron chi connectivity index (χ4n) is 11.4. The molecule has 0 aromatic heterocycles. The van der Waals surface area contributed by atoms with Crippen LogP contribution in [0.25, 0.3) is 0 Å². The second-order valence-electron chi connectivity index (χ2n) is 27.2. The summed E-state index contributed by atoms with van der Waals surface area (Å²) in [5.74, 6) is -1.32. The van der Waals surface area contributed by atoms with E-state index in [9.17, 15) is 43.2 Å². The van der Waals surface area contributed by atoms with Crippen molar-refractivity contribution in [2.24, 2.45) is 5.92 Å². The smallest absolute Gasteiger partial charge is 0.462 e. The van der Waals surface area contributed by atoms with E-state index in [1.54, 1.807) is 0 Å². The first kappa shape index (κ1) is 91.1. The van der Waals surface area contributed by atoms with Gasteiger partial charge in [-0.05, 0) is 31.6 Å². The molecule has 552 valence electrons. The molecule has 0 amide bonds. The zero-order chi connectivity index (χ0) is 68.4. The van der Waals surface area contributed by atoms with Crippen LogP contribution in [0.3, 0.4) is 0 Å².